The van der Waals surface area contributed by atoms with E-state index in [1.54, 1.807) is 6.07 Å². The summed E-state index contributed by atoms with van der Waals surface area (Å²) in [5.41, 5.74) is 5.63. The van der Waals surface area contributed by atoms with Gasteiger partial charge in [0.1, 0.15) is 5.82 Å². The molecule has 1 aliphatic carbocycles. The van der Waals surface area contributed by atoms with Gasteiger partial charge in [-0.15, -0.1) is 0 Å². The first-order valence-corrected chi connectivity index (χ1v) is 6.90. The second-order valence-corrected chi connectivity index (χ2v) is 5.67. The summed E-state index contributed by atoms with van der Waals surface area (Å²) < 4.78 is 13.6. The molecule has 0 bridgehead atoms. The predicted octanol–water partition coefficient (Wildman–Crippen LogP) is 1.89. The fourth-order valence-corrected chi connectivity index (χ4v) is 2.81. The first-order chi connectivity index (χ1) is 9.04. The van der Waals surface area contributed by atoms with E-state index in [9.17, 15) is 9.50 Å². The summed E-state index contributed by atoms with van der Waals surface area (Å²) in [6.07, 6.45) is 3.29. The summed E-state index contributed by atoms with van der Waals surface area (Å²) in [5, 5.41) is 10.1. The fraction of sp³-hybridized carbons (Fsp3) is 0.600. The largest absolute Gasteiger partial charge is 0.389 e. The molecular weight excluding hydrogens is 243 g/mol. The molecule has 0 radical (unpaired) electrons. The van der Waals surface area contributed by atoms with Crippen molar-refractivity contribution in [1.82, 2.24) is 4.90 Å². The Morgan fingerprint density at radius 1 is 1.37 bits per heavy atom. The van der Waals surface area contributed by atoms with E-state index in [0.29, 0.717) is 19.1 Å². The minimum Gasteiger partial charge on any atom is -0.389 e. The lowest BCUT2D eigenvalue weighted by atomic mass is 9.81. The molecule has 1 aromatic rings. The molecule has 2 rings (SSSR count). The zero-order valence-corrected chi connectivity index (χ0v) is 11.5. The molecule has 0 aliphatic heterocycles. The Bertz CT molecular complexity index is 416. The van der Waals surface area contributed by atoms with Gasteiger partial charge in [-0.05, 0) is 38.8 Å². The van der Waals surface area contributed by atoms with Crippen LogP contribution in [-0.4, -0.2) is 35.2 Å². The average molecular weight is 266 g/mol. The van der Waals surface area contributed by atoms with Crippen LogP contribution < -0.4 is 5.73 Å². The lowest BCUT2D eigenvalue weighted by Crippen LogP contribution is -2.46. The molecule has 106 valence electrons. The van der Waals surface area contributed by atoms with Gasteiger partial charge in [0.25, 0.3) is 0 Å². The molecule has 3 nitrogen and oxygen atoms in total. The topological polar surface area (TPSA) is 49.5 Å². The van der Waals surface area contributed by atoms with Crippen LogP contribution in [0.15, 0.2) is 24.3 Å². The molecule has 0 atom stereocenters. The van der Waals surface area contributed by atoms with Gasteiger partial charge in [-0.3, -0.25) is 4.90 Å². The maximum Gasteiger partial charge on any atom is 0.127 e. The third-order valence-corrected chi connectivity index (χ3v) is 4.27. The predicted molar refractivity (Wildman–Crippen MR) is 74.1 cm³/mol. The van der Waals surface area contributed by atoms with Crippen LogP contribution in [0.3, 0.4) is 0 Å². The number of nitrogens with two attached hydrogens (primary N) is 1. The van der Waals surface area contributed by atoms with Gasteiger partial charge in [-0.2, -0.15) is 0 Å². The summed E-state index contributed by atoms with van der Waals surface area (Å²) in [6.45, 7) is 0.940. The summed E-state index contributed by atoms with van der Waals surface area (Å²) in [5.74, 6) is -0.149. The van der Waals surface area contributed by atoms with Crippen molar-refractivity contribution in [2.24, 2.45) is 5.73 Å². The van der Waals surface area contributed by atoms with Crippen LogP contribution in [-0.2, 0) is 6.54 Å². The van der Waals surface area contributed by atoms with E-state index >= 15 is 0 Å². The van der Waals surface area contributed by atoms with Gasteiger partial charge >= 0.3 is 0 Å². The highest BCUT2D eigenvalue weighted by Gasteiger charge is 2.33. The SMILES string of the molecule is CN(Cc1ccccc1F)C1CCC(O)(CN)CC1. The summed E-state index contributed by atoms with van der Waals surface area (Å²) in [6, 6.07) is 7.29. The smallest absolute Gasteiger partial charge is 0.127 e. The molecule has 1 fully saturated rings. The minimum absolute atomic E-state index is 0.149. The lowest BCUT2D eigenvalue weighted by molar-refractivity contribution is -0.0105. The van der Waals surface area contributed by atoms with Gasteiger partial charge in [-0.1, -0.05) is 18.2 Å². The van der Waals surface area contributed by atoms with E-state index in [-0.39, 0.29) is 5.82 Å². The number of nitrogens with zero attached hydrogens (tertiary/aromatic N) is 1. The highest BCUT2D eigenvalue weighted by Crippen LogP contribution is 2.30. The van der Waals surface area contributed by atoms with Gasteiger partial charge in [0.15, 0.2) is 0 Å². The molecule has 0 amide bonds. The molecule has 3 N–H and O–H groups in total. The molecule has 0 heterocycles. The standard InChI is InChI=1S/C15H23FN2O/c1-18(10-12-4-2-3-5-14(12)16)13-6-8-15(19,11-17)9-7-13/h2-5,13,19H,6-11,17H2,1H3. The summed E-state index contributed by atoms with van der Waals surface area (Å²) >= 11 is 0. The Morgan fingerprint density at radius 2 is 2.00 bits per heavy atom. The number of hydrogen-bond donors (Lipinski definition) is 2. The van der Waals surface area contributed by atoms with Crippen molar-refractivity contribution in [3.05, 3.63) is 35.6 Å². The Labute approximate surface area is 114 Å². The van der Waals surface area contributed by atoms with Gasteiger partial charge in [-0.25, -0.2) is 4.39 Å². The first kappa shape index (κ1) is 14.4. The second kappa shape index (κ2) is 5.99. The Kier molecular flexibility index (Phi) is 4.55. The Morgan fingerprint density at radius 3 is 2.58 bits per heavy atom. The number of hydrogen-bond acceptors (Lipinski definition) is 3. The van der Waals surface area contributed by atoms with Crippen molar-refractivity contribution in [3.63, 3.8) is 0 Å². The fourth-order valence-electron chi connectivity index (χ4n) is 2.81. The molecule has 1 aliphatic rings. The van der Waals surface area contributed by atoms with E-state index in [1.807, 2.05) is 19.2 Å². The van der Waals surface area contributed by atoms with E-state index in [2.05, 4.69) is 4.90 Å². The lowest BCUT2D eigenvalue weighted by Gasteiger charge is -2.39. The Balaban J connectivity index is 1.92. The van der Waals surface area contributed by atoms with E-state index in [1.165, 1.54) is 6.07 Å². The van der Waals surface area contributed by atoms with Crippen LogP contribution >= 0.6 is 0 Å². The number of benzene rings is 1. The quantitative estimate of drug-likeness (QED) is 0.875. The molecule has 1 aromatic carbocycles. The van der Waals surface area contributed by atoms with Crippen molar-refractivity contribution in [2.45, 2.75) is 43.9 Å². The van der Waals surface area contributed by atoms with Crippen LogP contribution in [0.2, 0.25) is 0 Å². The molecule has 4 heteroatoms. The highest BCUT2D eigenvalue weighted by molar-refractivity contribution is 5.17. The van der Waals surface area contributed by atoms with Crippen LogP contribution in [0.25, 0.3) is 0 Å². The number of halogens is 1. The van der Waals surface area contributed by atoms with Crippen molar-refractivity contribution in [2.75, 3.05) is 13.6 Å². The molecule has 0 saturated heterocycles. The number of aliphatic hydroxyl groups is 1. The van der Waals surface area contributed by atoms with Crippen molar-refractivity contribution in [3.8, 4) is 0 Å². The normalized spacial score (nSPS) is 27.7. The maximum atomic E-state index is 13.6. The van der Waals surface area contributed by atoms with Crippen LogP contribution in [0.4, 0.5) is 4.39 Å². The van der Waals surface area contributed by atoms with Crippen molar-refractivity contribution in [1.29, 1.82) is 0 Å². The third kappa shape index (κ3) is 3.53. The van der Waals surface area contributed by atoms with Gasteiger partial charge < -0.3 is 10.8 Å². The highest BCUT2D eigenvalue weighted by atomic mass is 19.1. The van der Waals surface area contributed by atoms with Crippen LogP contribution in [0.1, 0.15) is 31.2 Å². The molecular formula is C15H23FN2O. The van der Waals surface area contributed by atoms with Crippen molar-refractivity contribution >= 4 is 0 Å². The monoisotopic (exact) mass is 266 g/mol. The third-order valence-electron chi connectivity index (χ3n) is 4.27. The first-order valence-electron chi connectivity index (χ1n) is 6.90. The van der Waals surface area contributed by atoms with Crippen molar-refractivity contribution < 1.29 is 9.50 Å². The molecule has 0 unspecified atom stereocenters. The van der Waals surface area contributed by atoms with E-state index < -0.39 is 5.60 Å². The summed E-state index contributed by atoms with van der Waals surface area (Å²) in [7, 11) is 2.02. The van der Waals surface area contributed by atoms with E-state index in [4.69, 9.17) is 5.73 Å². The second-order valence-electron chi connectivity index (χ2n) is 5.67. The van der Waals surface area contributed by atoms with Gasteiger partial charge in [0.05, 0.1) is 5.60 Å². The molecule has 0 aromatic heterocycles. The molecule has 0 spiro atoms. The zero-order valence-electron chi connectivity index (χ0n) is 11.5. The average Bonchev–Trinajstić information content (AvgIpc) is 2.42. The maximum absolute atomic E-state index is 13.6. The minimum atomic E-state index is -0.685. The van der Waals surface area contributed by atoms with E-state index in [0.717, 1.165) is 31.2 Å². The van der Waals surface area contributed by atoms with Crippen LogP contribution in [0, 0.1) is 5.82 Å². The molecule has 19 heavy (non-hydrogen) atoms. The zero-order chi connectivity index (χ0) is 13.9. The molecule has 1 saturated carbocycles. The Hall–Kier alpha value is -0.970. The van der Waals surface area contributed by atoms with Crippen LogP contribution in [0.5, 0.6) is 0 Å². The van der Waals surface area contributed by atoms with Gasteiger partial charge in [0, 0.05) is 24.7 Å². The summed E-state index contributed by atoms with van der Waals surface area (Å²) in [4.78, 5) is 2.18. The number of rotatable bonds is 4. The van der Waals surface area contributed by atoms with Gasteiger partial charge in [0.2, 0.25) is 0 Å².